The topological polar surface area (TPSA) is 181 Å². The molecule has 16 heteroatoms. The predicted octanol–water partition coefficient (Wildman–Crippen LogP) is 3.82. The van der Waals surface area contributed by atoms with Crippen molar-refractivity contribution >= 4 is 52.0 Å². The molecule has 5 heterocycles. The number of halogens is 1. The number of nitrogens with two attached hydrogens (primary N) is 1. The van der Waals surface area contributed by atoms with Gasteiger partial charge in [-0.1, -0.05) is 0 Å². The number of likely N-dealkylation sites (tertiary alicyclic amines) is 1. The first-order valence-electron chi connectivity index (χ1n) is 19.6. The Bertz CT molecular complexity index is 2190. The second-order valence-electron chi connectivity index (χ2n) is 15.7. The molecule has 8 rings (SSSR count). The second kappa shape index (κ2) is 15.9. The van der Waals surface area contributed by atoms with Crippen LogP contribution in [0.2, 0.25) is 0 Å². The number of nitrogens with one attached hydrogen (secondary N) is 2. The standard InChI is InChI=1S/C41H47FN10O5/c1-26(3-8-37(54)46-25-53)51-19-28-15-31(6-7-32(28)40(51)56)50-23-41(42,24-50)22-49-13-9-30(10-14-49)52-20-29-16-35(36(17-34(29)48-52)57-21-27-4-5-27)47-39(55)33(18-43)38-44-11-2-12-45-38/h2,6-7,11-12,15-18,20,25-27,30H,3-5,8-10,13-14,19,21-24,43H2,1H3,(H,47,55)(H,46,53,54)/b33-18+. The van der Waals surface area contributed by atoms with Crippen molar-refractivity contribution < 1.29 is 28.3 Å². The number of carbonyl (C=O) groups excluding carboxylic acids is 4. The van der Waals surface area contributed by atoms with Crippen LogP contribution in [0.4, 0.5) is 15.8 Å². The van der Waals surface area contributed by atoms with E-state index in [9.17, 15) is 19.2 Å². The number of amides is 4. The van der Waals surface area contributed by atoms with Gasteiger partial charge in [0.15, 0.2) is 11.5 Å². The molecule has 298 valence electrons. The molecular weight excluding hydrogens is 732 g/mol. The zero-order chi connectivity index (χ0) is 39.7. The van der Waals surface area contributed by atoms with Crippen LogP contribution in [0.1, 0.15) is 73.2 Å². The van der Waals surface area contributed by atoms with Crippen LogP contribution in [0.25, 0.3) is 16.5 Å². The number of aromatic nitrogens is 4. The molecule has 0 radical (unpaired) electrons. The normalized spacial score (nSPS) is 18.9. The third-order valence-corrected chi connectivity index (χ3v) is 11.5. The number of alkyl halides is 1. The Kier molecular flexibility index (Phi) is 10.6. The summed E-state index contributed by atoms with van der Waals surface area (Å²) in [7, 11) is 0. The zero-order valence-corrected chi connectivity index (χ0v) is 31.9. The van der Waals surface area contributed by atoms with Crippen molar-refractivity contribution in [3.05, 3.63) is 78.1 Å². The fourth-order valence-electron chi connectivity index (χ4n) is 8.03. The number of benzene rings is 2. The number of hydrogen-bond donors (Lipinski definition) is 3. The monoisotopic (exact) mass is 778 g/mol. The van der Waals surface area contributed by atoms with Crippen molar-refractivity contribution in [3.8, 4) is 5.75 Å². The molecule has 2 aromatic carbocycles. The van der Waals surface area contributed by atoms with Crippen molar-refractivity contribution in [3.63, 3.8) is 0 Å². The fraction of sp³-hybridized carbons (Fsp3) is 0.439. The van der Waals surface area contributed by atoms with Crippen LogP contribution >= 0.6 is 0 Å². The maximum absolute atomic E-state index is 16.1. The Morgan fingerprint density at radius 2 is 1.88 bits per heavy atom. The molecule has 0 bridgehead atoms. The molecule has 1 saturated carbocycles. The van der Waals surface area contributed by atoms with E-state index in [-0.39, 0.29) is 54.8 Å². The van der Waals surface area contributed by atoms with Gasteiger partial charge in [-0.15, -0.1) is 0 Å². The minimum Gasteiger partial charge on any atom is -0.491 e. The molecule has 1 unspecified atom stereocenters. The molecule has 2 saturated heterocycles. The van der Waals surface area contributed by atoms with Crippen LogP contribution in [0, 0.1) is 5.92 Å². The molecule has 3 aliphatic heterocycles. The zero-order valence-electron chi connectivity index (χ0n) is 31.9. The maximum atomic E-state index is 16.1. The molecule has 3 fully saturated rings. The Balaban J connectivity index is 0.858. The summed E-state index contributed by atoms with van der Waals surface area (Å²) in [6.45, 7) is 5.27. The molecule has 4 aromatic rings. The average Bonchev–Trinajstić information content (AvgIpc) is 3.85. The molecule has 0 spiro atoms. The van der Waals surface area contributed by atoms with Crippen LogP contribution in [0.5, 0.6) is 5.75 Å². The molecule has 2 aromatic heterocycles. The number of nitrogens with zero attached hydrogens (tertiary/aromatic N) is 7. The lowest BCUT2D eigenvalue weighted by atomic mass is 9.92. The Hall–Kier alpha value is -5.90. The van der Waals surface area contributed by atoms with Gasteiger partial charge in [0.25, 0.3) is 11.8 Å². The van der Waals surface area contributed by atoms with E-state index in [0.717, 1.165) is 60.9 Å². The molecule has 4 aliphatic rings. The summed E-state index contributed by atoms with van der Waals surface area (Å²) in [5.74, 6) is 0.371. The van der Waals surface area contributed by atoms with E-state index >= 15 is 4.39 Å². The summed E-state index contributed by atoms with van der Waals surface area (Å²) in [5.41, 5.74) is 8.32. The lowest BCUT2D eigenvalue weighted by molar-refractivity contribution is -0.125. The lowest BCUT2D eigenvalue weighted by Crippen LogP contribution is -2.64. The first-order valence-corrected chi connectivity index (χ1v) is 19.6. The number of carbonyl (C=O) groups is 4. The predicted molar refractivity (Wildman–Crippen MR) is 211 cm³/mol. The van der Waals surface area contributed by atoms with Crippen molar-refractivity contribution in [2.75, 3.05) is 49.5 Å². The SMILES string of the molecule is CC(CCC(=O)NC=O)N1Cc2cc(N3CC(F)(CN4CCC(n5cc6cc(NC(=O)/C(=C/N)c7ncccn7)c(OCC7CC7)cc6n5)CC4)C3)ccc2C1=O. The Morgan fingerprint density at radius 3 is 2.60 bits per heavy atom. The van der Waals surface area contributed by atoms with Crippen LogP contribution in [0.3, 0.4) is 0 Å². The molecule has 1 aliphatic carbocycles. The Morgan fingerprint density at radius 1 is 1.11 bits per heavy atom. The van der Waals surface area contributed by atoms with Gasteiger partial charge in [-0.05, 0) is 80.8 Å². The number of fused-ring (bicyclic) bond motifs is 2. The number of rotatable bonds is 15. The summed E-state index contributed by atoms with van der Waals surface area (Å²) < 4.78 is 24.2. The third kappa shape index (κ3) is 8.31. The fourth-order valence-corrected chi connectivity index (χ4v) is 8.03. The summed E-state index contributed by atoms with van der Waals surface area (Å²) in [5, 5.41) is 10.9. The first-order chi connectivity index (χ1) is 27.6. The lowest BCUT2D eigenvalue weighted by Gasteiger charge is -2.48. The molecule has 15 nitrogen and oxygen atoms in total. The van der Waals surface area contributed by atoms with Gasteiger partial charge in [-0.3, -0.25) is 34.1 Å². The highest BCUT2D eigenvalue weighted by Gasteiger charge is 2.45. The average molecular weight is 779 g/mol. The molecule has 4 N–H and O–H groups in total. The molecular formula is C41H47FN10O5. The summed E-state index contributed by atoms with van der Waals surface area (Å²) >= 11 is 0. The van der Waals surface area contributed by atoms with E-state index in [1.54, 1.807) is 23.4 Å². The summed E-state index contributed by atoms with van der Waals surface area (Å²) in [6, 6.07) is 11.1. The van der Waals surface area contributed by atoms with E-state index in [4.69, 9.17) is 15.6 Å². The van der Waals surface area contributed by atoms with Gasteiger partial charge in [0.2, 0.25) is 12.3 Å². The van der Waals surface area contributed by atoms with Gasteiger partial charge in [0.05, 0.1) is 42.5 Å². The largest absolute Gasteiger partial charge is 0.491 e. The number of ether oxygens (including phenoxy) is 1. The number of imide groups is 1. The van der Waals surface area contributed by atoms with E-state index in [1.165, 1.54) is 6.20 Å². The van der Waals surface area contributed by atoms with Crippen molar-refractivity contribution in [2.45, 2.75) is 69.7 Å². The minimum absolute atomic E-state index is 0.0830. The smallest absolute Gasteiger partial charge is 0.261 e. The van der Waals surface area contributed by atoms with E-state index in [0.29, 0.717) is 55.4 Å². The van der Waals surface area contributed by atoms with E-state index in [2.05, 4.69) is 25.5 Å². The van der Waals surface area contributed by atoms with Gasteiger partial charge in [0, 0.05) is 86.1 Å². The molecule has 4 amide bonds. The minimum atomic E-state index is -1.34. The van der Waals surface area contributed by atoms with Gasteiger partial charge < -0.3 is 25.6 Å². The van der Waals surface area contributed by atoms with Gasteiger partial charge in [0.1, 0.15) is 5.75 Å². The first kappa shape index (κ1) is 38.0. The van der Waals surface area contributed by atoms with Gasteiger partial charge >= 0.3 is 0 Å². The second-order valence-corrected chi connectivity index (χ2v) is 15.7. The molecule has 57 heavy (non-hydrogen) atoms. The van der Waals surface area contributed by atoms with Crippen molar-refractivity contribution in [1.29, 1.82) is 0 Å². The van der Waals surface area contributed by atoms with Crippen LogP contribution in [-0.4, -0.2) is 105 Å². The van der Waals surface area contributed by atoms with Crippen LogP contribution in [-0.2, 0) is 20.9 Å². The summed E-state index contributed by atoms with van der Waals surface area (Å²) in [4.78, 5) is 63.0. The number of piperidine rings is 1. The van der Waals surface area contributed by atoms with Crippen molar-refractivity contribution in [2.24, 2.45) is 11.7 Å². The van der Waals surface area contributed by atoms with Crippen LogP contribution in [0.15, 0.2) is 61.2 Å². The highest BCUT2D eigenvalue weighted by Crippen LogP contribution is 2.38. The van der Waals surface area contributed by atoms with E-state index < -0.39 is 11.6 Å². The molecule has 1 atom stereocenters. The van der Waals surface area contributed by atoms with Gasteiger partial charge in [-0.2, -0.15) is 5.10 Å². The maximum Gasteiger partial charge on any atom is 0.261 e. The van der Waals surface area contributed by atoms with Crippen LogP contribution < -0.4 is 26.0 Å². The van der Waals surface area contributed by atoms with E-state index in [1.807, 2.05) is 53.0 Å². The number of anilines is 2. The Labute approximate surface area is 329 Å². The highest BCUT2D eigenvalue weighted by atomic mass is 19.1. The number of hydrogen-bond acceptors (Lipinski definition) is 11. The van der Waals surface area contributed by atoms with Gasteiger partial charge in [-0.25, -0.2) is 14.4 Å². The van der Waals surface area contributed by atoms with Crippen molar-refractivity contribution in [1.82, 2.24) is 34.9 Å². The quantitative estimate of drug-likeness (QED) is 0.118. The summed E-state index contributed by atoms with van der Waals surface area (Å²) in [6.07, 6.45) is 11.1. The third-order valence-electron chi connectivity index (χ3n) is 11.5. The highest BCUT2D eigenvalue weighted by molar-refractivity contribution is 6.24.